The van der Waals surface area contributed by atoms with E-state index >= 15 is 0 Å². The maximum atomic E-state index is 12.5. The predicted octanol–water partition coefficient (Wildman–Crippen LogP) is 1.41. The average molecular weight is 426 g/mol. The molecule has 1 atom stereocenters. The smallest absolute Gasteiger partial charge is 0.326 e. The van der Waals surface area contributed by atoms with Gasteiger partial charge in [0.1, 0.15) is 11.9 Å². The van der Waals surface area contributed by atoms with Gasteiger partial charge in [0.2, 0.25) is 5.78 Å². The molecular weight excluding hydrogens is 404 g/mol. The Bertz CT molecular complexity index is 1050. The van der Waals surface area contributed by atoms with Gasteiger partial charge in [-0.15, -0.1) is 0 Å². The summed E-state index contributed by atoms with van der Waals surface area (Å²) in [6.07, 6.45) is 0.401. The molecule has 10 nitrogen and oxygen atoms in total. The number of aliphatic imine (C=N–C) groups is 1. The fourth-order valence-corrected chi connectivity index (χ4v) is 3.29. The molecule has 1 amide bonds. The Balaban J connectivity index is 1.57. The zero-order valence-corrected chi connectivity index (χ0v) is 16.6. The molecule has 3 rings (SSSR count). The standard InChI is InChI=1S/C21H22N4O6/c22-17-9-13-16(24-17)10-23-14(19(13)28)6-3-11-1-4-12(5-2-11)20(29)25-15(21(30)31)7-8-18(26)27/h1-2,4-5,9,15,24H,3,6-8,10,22H2,(H,25,29)(H,26,27)(H,30,31)/t15-/m0/s1. The molecule has 31 heavy (non-hydrogen) atoms. The van der Waals surface area contributed by atoms with Crippen molar-refractivity contribution in [3.05, 3.63) is 52.7 Å². The van der Waals surface area contributed by atoms with Crippen LogP contribution in [0.5, 0.6) is 0 Å². The Morgan fingerprint density at radius 3 is 2.52 bits per heavy atom. The Kier molecular flexibility index (Phi) is 6.49. The summed E-state index contributed by atoms with van der Waals surface area (Å²) in [6.45, 7) is 0.374. The lowest BCUT2D eigenvalue weighted by Gasteiger charge is -2.14. The quantitative estimate of drug-likeness (QED) is 0.403. The molecule has 2 aromatic rings. The van der Waals surface area contributed by atoms with E-state index in [1.54, 1.807) is 30.3 Å². The number of H-pyrrole nitrogens is 1. The SMILES string of the molecule is Nc1cc2c([nH]1)CN=C(CCc1ccc(C(=O)N[C@@H](CCC(=O)O)C(=O)O)cc1)C2=O. The summed E-state index contributed by atoms with van der Waals surface area (Å²) in [4.78, 5) is 53.9. The van der Waals surface area contributed by atoms with Crippen molar-refractivity contribution >= 4 is 35.2 Å². The molecule has 162 valence electrons. The minimum absolute atomic E-state index is 0.147. The normalized spacial score (nSPS) is 13.8. The van der Waals surface area contributed by atoms with Gasteiger partial charge >= 0.3 is 11.9 Å². The highest BCUT2D eigenvalue weighted by Crippen LogP contribution is 2.21. The van der Waals surface area contributed by atoms with Gasteiger partial charge in [-0.2, -0.15) is 0 Å². The number of anilines is 1. The van der Waals surface area contributed by atoms with Gasteiger partial charge in [0, 0.05) is 23.2 Å². The number of hydrogen-bond donors (Lipinski definition) is 5. The molecule has 0 saturated heterocycles. The zero-order chi connectivity index (χ0) is 22.5. The summed E-state index contributed by atoms with van der Waals surface area (Å²) in [6, 6.07) is 6.86. The van der Waals surface area contributed by atoms with E-state index in [1.807, 2.05) is 0 Å². The second-order valence-corrected chi connectivity index (χ2v) is 7.20. The molecule has 0 bridgehead atoms. The van der Waals surface area contributed by atoms with E-state index in [4.69, 9.17) is 15.9 Å². The van der Waals surface area contributed by atoms with Crippen molar-refractivity contribution in [3.8, 4) is 0 Å². The molecular formula is C21H22N4O6. The molecule has 1 aromatic heterocycles. The summed E-state index contributed by atoms with van der Waals surface area (Å²) < 4.78 is 0. The van der Waals surface area contributed by atoms with Crippen LogP contribution in [0.2, 0.25) is 0 Å². The van der Waals surface area contributed by atoms with Gasteiger partial charge in [-0.3, -0.25) is 19.4 Å². The number of carboxylic acid groups (broad SMARTS) is 2. The molecule has 0 fully saturated rings. The molecule has 0 aliphatic carbocycles. The topological polar surface area (TPSA) is 175 Å². The van der Waals surface area contributed by atoms with Crippen LogP contribution in [-0.4, -0.2) is 50.6 Å². The molecule has 1 aromatic carbocycles. The number of amides is 1. The Morgan fingerprint density at radius 1 is 1.16 bits per heavy atom. The molecule has 1 aliphatic heterocycles. The van der Waals surface area contributed by atoms with E-state index in [0.29, 0.717) is 42.2 Å². The second-order valence-electron chi connectivity index (χ2n) is 7.20. The number of benzene rings is 1. The molecule has 10 heteroatoms. The number of carbonyl (C=O) groups is 4. The maximum absolute atomic E-state index is 12.5. The van der Waals surface area contributed by atoms with Crippen molar-refractivity contribution in [2.75, 3.05) is 5.73 Å². The number of Topliss-reactive ketones (excluding diaryl/α,β-unsaturated/α-hetero) is 1. The van der Waals surface area contributed by atoms with Crippen LogP contribution in [0.4, 0.5) is 5.82 Å². The monoisotopic (exact) mass is 426 g/mol. The Morgan fingerprint density at radius 2 is 1.87 bits per heavy atom. The van der Waals surface area contributed by atoms with E-state index < -0.39 is 23.9 Å². The molecule has 0 saturated carbocycles. The number of fused-ring (bicyclic) bond motifs is 1. The van der Waals surface area contributed by atoms with E-state index in [1.165, 1.54) is 0 Å². The van der Waals surface area contributed by atoms with Crippen molar-refractivity contribution in [1.82, 2.24) is 10.3 Å². The lowest BCUT2D eigenvalue weighted by Crippen LogP contribution is -2.41. The number of nitrogen functional groups attached to an aromatic ring is 1. The van der Waals surface area contributed by atoms with Gasteiger partial charge in [-0.25, -0.2) is 4.79 Å². The number of aliphatic carboxylic acids is 2. The van der Waals surface area contributed by atoms with Crippen molar-refractivity contribution in [3.63, 3.8) is 0 Å². The van der Waals surface area contributed by atoms with Crippen molar-refractivity contribution in [2.24, 2.45) is 4.99 Å². The van der Waals surface area contributed by atoms with Gasteiger partial charge in [0.25, 0.3) is 5.91 Å². The molecule has 1 aliphatic rings. The van der Waals surface area contributed by atoms with Crippen LogP contribution >= 0.6 is 0 Å². The van der Waals surface area contributed by atoms with E-state index in [9.17, 15) is 19.2 Å². The Labute approximate surface area is 177 Å². The van der Waals surface area contributed by atoms with Crippen LogP contribution in [-0.2, 0) is 22.6 Å². The number of aryl methyl sites for hydroxylation is 1. The molecule has 0 unspecified atom stereocenters. The van der Waals surface area contributed by atoms with Gasteiger partial charge in [-0.1, -0.05) is 12.1 Å². The van der Waals surface area contributed by atoms with Crippen LogP contribution in [0.25, 0.3) is 0 Å². The first-order valence-corrected chi connectivity index (χ1v) is 9.64. The highest BCUT2D eigenvalue weighted by Gasteiger charge is 2.24. The van der Waals surface area contributed by atoms with Crippen LogP contribution < -0.4 is 11.1 Å². The molecule has 0 radical (unpaired) electrons. The van der Waals surface area contributed by atoms with Gasteiger partial charge in [-0.05, 0) is 43.0 Å². The molecule has 0 spiro atoms. The largest absolute Gasteiger partial charge is 0.481 e. The average Bonchev–Trinajstić information content (AvgIpc) is 3.11. The number of nitrogens with one attached hydrogen (secondary N) is 2. The third kappa shape index (κ3) is 5.35. The highest BCUT2D eigenvalue weighted by atomic mass is 16.4. The predicted molar refractivity (Wildman–Crippen MR) is 111 cm³/mol. The minimum atomic E-state index is -1.29. The van der Waals surface area contributed by atoms with E-state index in [2.05, 4.69) is 15.3 Å². The van der Waals surface area contributed by atoms with Crippen LogP contribution in [0.1, 0.15) is 51.2 Å². The number of nitrogens with two attached hydrogens (primary N) is 1. The summed E-state index contributed by atoms with van der Waals surface area (Å²) in [5.74, 6) is -2.75. The second kappa shape index (κ2) is 9.24. The number of rotatable bonds is 9. The van der Waals surface area contributed by atoms with E-state index in [-0.39, 0.29) is 24.2 Å². The van der Waals surface area contributed by atoms with Crippen LogP contribution in [0.15, 0.2) is 35.3 Å². The summed E-state index contributed by atoms with van der Waals surface area (Å²) in [5.41, 5.74) is 8.56. The van der Waals surface area contributed by atoms with Gasteiger partial charge in [0.05, 0.1) is 12.3 Å². The first-order valence-electron chi connectivity index (χ1n) is 9.64. The van der Waals surface area contributed by atoms with Crippen molar-refractivity contribution < 1.29 is 29.4 Å². The lowest BCUT2D eigenvalue weighted by atomic mass is 9.98. The molecule has 2 heterocycles. The minimum Gasteiger partial charge on any atom is -0.481 e. The van der Waals surface area contributed by atoms with E-state index in [0.717, 1.165) is 5.56 Å². The number of carboxylic acids is 2. The van der Waals surface area contributed by atoms with Crippen molar-refractivity contribution in [1.29, 1.82) is 0 Å². The first kappa shape index (κ1) is 21.8. The van der Waals surface area contributed by atoms with Crippen LogP contribution in [0.3, 0.4) is 0 Å². The maximum Gasteiger partial charge on any atom is 0.326 e. The number of aromatic nitrogens is 1. The number of nitrogens with zero attached hydrogens (tertiary/aromatic N) is 1. The summed E-state index contributed by atoms with van der Waals surface area (Å²) >= 11 is 0. The third-order valence-corrected chi connectivity index (χ3v) is 4.97. The van der Waals surface area contributed by atoms with Crippen molar-refractivity contribution in [2.45, 2.75) is 38.3 Å². The summed E-state index contributed by atoms with van der Waals surface area (Å²) in [5, 5.41) is 20.2. The zero-order valence-electron chi connectivity index (χ0n) is 16.6. The van der Waals surface area contributed by atoms with Gasteiger partial charge in [0.15, 0.2) is 0 Å². The molecule has 6 N–H and O–H groups in total. The highest BCUT2D eigenvalue weighted by molar-refractivity contribution is 6.47. The van der Waals surface area contributed by atoms with Crippen LogP contribution in [0, 0.1) is 0 Å². The number of aromatic amines is 1. The number of carbonyl (C=O) groups excluding carboxylic acids is 2. The van der Waals surface area contributed by atoms with Gasteiger partial charge < -0.3 is 26.2 Å². The fraction of sp³-hybridized carbons (Fsp3) is 0.286. The Hall–Kier alpha value is -3.95. The third-order valence-electron chi connectivity index (χ3n) is 4.97. The number of hydrogen-bond acceptors (Lipinski definition) is 6. The lowest BCUT2D eigenvalue weighted by molar-refractivity contribution is -0.140. The summed E-state index contributed by atoms with van der Waals surface area (Å²) in [7, 11) is 0. The first-order chi connectivity index (χ1) is 14.7. The fourth-order valence-electron chi connectivity index (χ4n) is 3.29. The number of ketones is 1.